The van der Waals surface area contributed by atoms with Gasteiger partial charge in [-0.1, -0.05) is 36.4 Å². The number of nitrogens with zero attached hydrogens (tertiary/aromatic N) is 1. The third-order valence-corrected chi connectivity index (χ3v) is 4.08. The van der Waals surface area contributed by atoms with E-state index in [9.17, 15) is 9.59 Å². The fourth-order valence-corrected chi connectivity index (χ4v) is 2.63. The average Bonchev–Trinajstić information content (AvgIpc) is 2.78. The Kier molecular flexibility index (Phi) is 5.18. The van der Waals surface area contributed by atoms with Crippen molar-refractivity contribution in [1.29, 1.82) is 0 Å². The zero-order valence-corrected chi connectivity index (χ0v) is 14.1. The molecule has 3 rings (SSSR count). The molecule has 2 aromatic rings. The molecule has 1 aliphatic heterocycles. The zero-order chi connectivity index (χ0) is 17.6. The van der Waals surface area contributed by atoms with Gasteiger partial charge in [-0.2, -0.15) is 0 Å². The van der Waals surface area contributed by atoms with Gasteiger partial charge >= 0.3 is 6.03 Å². The van der Waals surface area contributed by atoms with E-state index >= 15 is 0 Å². The number of hydrogen-bond donors (Lipinski definition) is 2. The summed E-state index contributed by atoms with van der Waals surface area (Å²) >= 11 is 0. The molecule has 0 aliphatic carbocycles. The van der Waals surface area contributed by atoms with Crippen LogP contribution in [-0.4, -0.2) is 25.6 Å². The van der Waals surface area contributed by atoms with Crippen LogP contribution in [0.25, 0.3) is 0 Å². The Bertz CT molecular complexity index is 762. The second-order valence-corrected chi connectivity index (χ2v) is 5.88. The molecular formula is C19H21N3O3. The minimum Gasteiger partial charge on any atom is -0.491 e. The molecule has 130 valence electrons. The summed E-state index contributed by atoms with van der Waals surface area (Å²) in [5.74, 6) is 0.704. The molecule has 25 heavy (non-hydrogen) atoms. The fourth-order valence-electron chi connectivity index (χ4n) is 2.63. The highest BCUT2D eigenvalue weighted by Gasteiger charge is 2.20. The minimum atomic E-state index is -0.237. The molecule has 0 saturated heterocycles. The lowest BCUT2D eigenvalue weighted by Crippen LogP contribution is -2.34. The number of carbonyl (C=O) groups is 2. The third-order valence-electron chi connectivity index (χ3n) is 4.08. The first-order chi connectivity index (χ1) is 12.1. The van der Waals surface area contributed by atoms with Gasteiger partial charge in [-0.3, -0.25) is 4.79 Å². The monoisotopic (exact) mass is 339 g/mol. The Morgan fingerprint density at radius 1 is 1.08 bits per heavy atom. The summed E-state index contributed by atoms with van der Waals surface area (Å²) < 4.78 is 5.60. The summed E-state index contributed by atoms with van der Waals surface area (Å²) in [5.41, 5.74) is 2.67. The highest BCUT2D eigenvalue weighted by atomic mass is 16.5. The van der Waals surface area contributed by atoms with E-state index in [-0.39, 0.29) is 11.9 Å². The summed E-state index contributed by atoms with van der Waals surface area (Å²) in [4.78, 5) is 25.5. The summed E-state index contributed by atoms with van der Waals surface area (Å²) in [6, 6.07) is 15.1. The number of carbonyl (C=O) groups excluding carboxylic acids is 2. The number of nitrogens with one attached hydrogen (secondary N) is 2. The number of benzene rings is 2. The lowest BCUT2D eigenvalue weighted by Gasteiger charge is -2.17. The third kappa shape index (κ3) is 4.29. The van der Waals surface area contributed by atoms with Crippen LogP contribution in [0.3, 0.4) is 0 Å². The molecule has 2 aromatic carbocycles. The largest absolute Gasteiger partial charge is 0.491 e. The molecular weight excluding hydrogens is 318 g/mol. The number of amides is 3. The average molecular weight is 339 g/mol. The molecule has 0 unspecified atom stereocenters. The van der Waals surface area contributed by atoms with Crippen molar-refractivity contribution >= 4 is 17.6 Å². The Balaban J connectivity index is 1.57. The smallest absolute Gasteiger partial charge is 0.315 e. The first-order valence-electron chi connectivity index (χ1n) is 8.21. The van der Waals surface area contributed by atoms with E-state index in [0.29, 0.717) is 31.9 Å². The summed E-state index contributed by atoms with van der Waals surface area (Å²) in [7, 11) is 1.74. The Morgan fingerprint density at radius 3 is 2.56 bits per heavy atom. The normalized spacial score (nSPS) is 13.5. The van der Waals surface area contributed by atoms with Gasteiger partial charge < -0.3 is 20.3 Å². The topological polar surface area (TPSA) is 70.7 Å². The van der Waals surface area contributed by atoms with Crippen LogP contribution in [0, 0.1) is 0 Å². The zero-order valence-electron chi connectivity index (χ0n) is 14.1. The first-order valence-corrected chi connectivity index (χ1v) is 8.21. The van der Waals surface area contributed by atoms with Crippen molar-refractivity contribution in [3.05, 3.63) is 59.7 Å². The van der Waals surface area contributed by atoms with E-state index in [1.165, 1.54) is 0 Å². The molecule has 1 heterocycles. The molecule has 1 aliphatic rings. The number of rotatable bonds is 4. The minimum absolute atomic E-state index is 0.0180. The number of urea groups is 1. The Labute approximate surface area is 146 Å². The molecule has 0 fully saturated rings. The van der Waals surface area contributed by atoms with Gasteiger partial charge in [0.2, 0.25) is 5.91 Å². The number of hydrogen-bond acceptors (Lipinski definition) is 3. The molecule has 0 saturated carbocycles. The Hall–Kier alpha value is -3.02. The van der Waals surface area contributed by atoms with Crippen LogP contribution < -0.4 is 20.3 Å². The number of fused-ring (bicyclic) bond motifs is 1. The maximum atomic E-state index is 11.9. The summed E-state index contributed by atoms with van der Waals surface area (Å²) in [6.07, 6.45) is 0.362. The summed E-state index contributed by atoms with van der Waals surface area (Å²) in [5, 5.41) is 5.64. The van der Waals surface area contributed by atoms with Crippen molar-refractivity contribution in [2.45, 2.75) is 19.5 Å². The fraction of sp³-hybridized carbons (Fsp3) is 0.263. The van der Waals surface area contributed by atoms with E-state index in [2.05, 4.69) is 10.6 Å². The maximum absolute atomic E-state index is 11.9. The van der Waals surface area contributed by atoms with Crippen LogP contribution in [0.15, 0.2) is 48.5 Å². The predicted octanol–water partition coefficient (Wildman–Crippen LogP) is 2.43. The van der Waals surface area contributed by atoms with Gasteiger partial charge in [0, 0.05) is 20.1 Å². The van der Waals surface area contributed by atoms with Crippen LogP contribution >= 0.6 is 0 Å². The molecule has 6 heteroatoms. The molecule has 3 amide bonds. The second-order valence-electron chi connectivity index (χ2n) is 5.88. The van der Waals surface area contributed by atoms with Crippen molar-refractivity contribution in [2.24, 2.45) is 0 Å². The SMILES string of the molecule is CN1C(=O)CCOc2ccc(CNC(=O)NCc3ccccc3)cc21. The molecule has 0 spiro atoms. The van der Waals surface area contributed by atoms with Crippen LogP contribution in [0.2, 0.25) is 0 Å². The highest BCUT2D eigenvalue weighted by molar-refractivity contribution is 5.95. The van der Waals surface area contributed by atoms with E-state index in [1.807, 2.05) is 48.5 Å². The second kappa shape index (κ2) is 7.70. The number of ether oxygens (including phenoxy) is 1. The van der Waals surface area contributed by atoms with E-state index < -0.39 is 0 Å². The highest BCUT2D eigenvalue weighted by Crippen LogP contribution is 2.31. The van der Waals surface area contributed by atoms with Gasteiger partial charge in [-0.25, -0.2) is 4.79 Å². The van der Waals surface area contributed by atoms with Crippen LogP contribution in [-0.2, 0) is 17.9 Å². The quantitative estimate of drug-likeness (QED) is 0.899. The first kappa shape index (κ1) is 16.8. The molecule has 0 atom stereocenters. The van der Waals surface area contributed by atoms with Gasteiger partial charge in [-0.15, -0.1) is 0 Å². The molecule has 0 aromatic heterocycles. The van der Waals surface area contributed by atoms with Crippen molar-refractivity contribution < 1.29 is 14.3 Å². The van der Waals surface area contributed by atoms with Crippen molar-refractivity contribution in [2.75, 3.05) is 18.6 Å². The predicted molar refractivity (Wildman–Crippen MR) is 95.5 cm³/mol. The van der Waals surface area contributed by atoms with Crippen LogP contribution in [0.1, 0.15) is 17.5 Å². The van der Waals surface area contributed by atoms with Crippen molar-refractivity contribution in [1.82, 2.24) is 10.6 Å². The van der Waals surface area contributed by atoms with Gasteiger partial charge in [0.25, 0.3) is 0 Å². The van der Waals surface area contributed by atoms with Crippen molar-refractivity contribution in [3.8, 4) is 5.75 Å². The molecule has 2 N–H and O–H groups in total. The lowest BCUT2D eigenvalue weighted by molar-refractivity contribution is -0.118. The Morgan fingerprint density at radius 2 is 1.80 bits per heavy atom. The van der Waals surface area contributed by atoms with E-state index in [0.717, 1.165) is 16.8 Å². The maximum Gasteiger partial charge on any atom is 0.315 e. The van der Waals surface area contributed by atoms with Crippen LogP contribution in [0.4, 0.5) is 10.5 Å². The van der Waals surface area contributed by atoms with E-state index in [4.69, 9.17) is 4.74 Å². The van der Waals surface area contributed by atoms with Crippen LogP contribution in [0.5, 0.6) is 5.75 Å². The van der Waals surface area contributed by atoms with E-state index in [1.54, 1.807) is 11.9 Å². The molecule has 0 radical (unpaired) electrons. The van der Waals surface area contributed by atoms with Gasteiger partial charge in [-0.05, 0) is 23.3 Å². The number of anilines is 1. The van der Waals surface area contributed by atoms with Crippen molar-refractivity contribution in [3.63, 3.8) is 0 Å². The van der Waals surface area contributed by atoms with Gasteiger partial charge in [0.1, 0.15) is 5.75 Å². The van der Waals surface area contributed by atoms with Gasteiger partial charge in [0.05, 0.1) is 18.7 Å². The standard InChI is InChI=1S/C19H21N3O3/c1-22-16-11-15(7-8-17(16)25-10-9-18(22)23)13-21-19(24)20-12-14-5-3-2-4-6-14/h2-8,11H,9-10,12-13H2,1H3,(H2,20,21,24). The summed E-state index contributed by atoms with van der Waals surface area (Å²) in [6.45, 7) is 1.23. The van der Waals surface area contributed by atoms with Gasteiger partial charge in [0.15, 0.2) is 0 Å². The molecule has 0 bridgehead atoms. The lowest BCUT2D eigenvalue weighted by atomic mass is 10.1. The molecule has 6 nitrogen and oxygen atoms in total.